The molecule has 1 atom stereocenters. The lowest BCUT2D eigenvalue weighted by Crippen LogP contribution is -3.11. The van der Waals surface area contributed by atoms with Crippen LogP contribution in [0.25, 0.3) is 0 Å². The average Bonchev–Trinajstić information content (AvgIpc) is 1.90. The van der Waals surface area contributed by atoms with E-state index in [4.69, 9.17) is 5.84 Å². The fraction of sp³-hybridized carbons (Fsp3) is 0. The molecule has 1 rings (SSSR count). The fourth-order valence-corrected chi connectivity index (χ4v) is 2.02. The molecule has 50 valence electrons. The molecular weight excluding hydrogens is 231 g/mol. The molecule has 3 N–H and O–H groups in total. The molecule has 0 radical (unpaired) electrons. The molecule has 3 nitrogen and oxygen atoms in total. The molecule has 0 aromatic heterocycles. The van der Waals surface area contributed by atoms with Gasteiger partial charge in [-0.1, -0.05) is 26.8 Å². The summed E-state index contributed by atoms with van der Waals surface area (Å²) in [4.78, 5) is 0. The van der Waals surface area contributed by atoms with E-state index < -0.39 is 0 Å². The number of hydroxylamine groups is 1. The van der Waals surface area contributed by atoms with Crippen LogP contribution in [0.15, 0.2) is 21.9 Å². The van der Waals surface area contributed by atoms with E-state index in [2.05, 4.69) is 4.01 Å². The first-order chi connectivity index (χ1) is 4.30. The Balaban J connectivity index is 2.72. The molecule has 1 unspecified atom stereocenters. The zero-order chi connectivity index (χ0) is 6.69. The standard InChI is InChI=1S/C5H7IN2O/c7-8(9)5-2-1-3-6-4-5/h1-4,8H,7H2. The van der Waals surface area contributed by atoms with Gasteiger partial charge in [-0.2, -0.15) is 5.84 Å². The third-order valence-corrected chi connectivity index (χ3v) is 2.75. The number of hydrogen-bond acceptors (Lipinski definition) is 2. The number of nitrogens with two attached hydrogens (primary N) is 1. The maximum Gasteiger partial charge on any atom is 0.156 e. The van der Waals surface area contributed by atoms with E-state index in [0.717, 1.165) is 0 Å². The van der Waals surface area contributed by atoms with Crippen LogP contribution in [-0.4, -0.2) is 4.01 Å². The van der Waals surface area contributed by atoms with Gasteiger partial charge in [0, 0.05) is 10.2 Å². The highest BCUT2D eigenvalue weighted by atomic mass is 127. The van der Waals surface area contributed by atoms with Crippen molar-refractivity contribution in [3.8, 4) is 0 Å². The summed E-state index contributed by atoms with van der Waals surface area (Å²) < 4.78 is 3.99. The molecule has 0 bridgehead atoms. The summed E-state index contributed by atoms with van der Waals surface area (Å²) in [6.07, 6.45) is 3.62. The molecule has 0 aromatic rings. The summed E-state index contributed by atoms with van der Waals surface area (Å²) in [5.74, 6) is 5.01. The van der Waals surface area contributed by atoms with E-state index in [1.165, 1.54) is 0 Å². The fourth-order valence-electron chi connectivity index (χ4n) is 0.459. The first-order valence-corrected chi connectivity index (χ1v) is 4.91. The Bertz CT molecular complexity index is 183. The highest BCUT2D eigenvalue weighted by molar-refractivity contribution is 14.2. The van der Waals surface area contributed by atoms with Gasteiger partial charge in [0.05, 0.1) is 0 Å². The summed E-state index contributed by atoms with van der Waals surface area (Å²) in [6.45, 7) is 0. The van der Waals surface area contributed by atoms with E-state index in [-0.39, 0.29) is 25.9 Å². The number of quaternary nitrogens is 1. The molecule has 1 aliphatic rings. The van der Waals surface area contributed by atoms with Gasteiger partial charge in [-0.15, -0.1) is 0 Å². The molecule has 0 amide bonds. The van der Waals surface area contributed by atoms with E-state index in [1.54, 1.807) is 6.08 Å². The third-order valence-electron chi connectivity index (χ3n) is 0.886. The zero-order valence-corrected chi connectivity index (χ0v) is 6.83. The van der Waals surface area contributed by atoms with Crippen LogP contribution in [0, 0.1) is 5.21 Å². The van der Waals surface area contributed by atoms with Gasteiger partial charge in [0.25, 0.3) is 0 Å². The minimum Gasteiger partial charge on any atom is -0.608 e. The SMILES string of the molecule is N[NH+]([O-])C1=CI=CC=C1. The lowest BCUT2D eigenvalue weighted by molar-refractivity contribution is -0.815. The van der Waals surface area contributed by atoms with Crippen LogP contribution < -0.4 is 11.0 Å². The van der Waals surface area contributed by atoms with Crippen LogP contribution in [0.4, 0.5) is 0 Å². The Kier molecular flexibility index (Phi) is 2.52. The van der Waals surface area contributed by atoms with Gasteiger partial charge in [-0.25, -0.2) is 0 Å². The molecule has 9 heavy (non-hydrogen) atoms. The molecule has 1 aliphatic heterocycles. The minimum absolute atomic E-state index is 0.0337. The van der Waals surface area contributed by atoms with Crippen LogP contribution in [0.3, 0.4) is 0 Å². The maximum atomic E-state index is 10.5. The molecular formula is C5H7IN2O. The number of allylic oxidation sites excluding steroid dienone is 2. The maximum absolute atomic E-state index is 10.5. The summed E-state index contributed by atoms with van der Waals surface area (Å²) >= 11 is -0.0337. The van der Waals surface area contributed by atoms with E-state index in [9.17, 15) is 5.21 Å². The van der Waals surface area contributed by atoms with Gasteiger partial charge in [0.15, 0.2) is 5.70 Å². The summed E-state index contributed by atoms with van der Waals surface area (Å²) in [7, 11) is 0. The summed E-state index contributed by atoms with van der Waals surface area (Å²) in [6, 6.07) is 0. The van der Waals surface area contributed by atoms with Crippen LogP contribution in [-0.2, 0) is 0 Å². The topological polar surface area (TPSA) is 53.5 Å². The average molecular weight is 238 g/mol. The van der Waals surface area contributed by atoms with Crippen LogP contribution >= 0.6 is 20.7 Å². The normalized spacial score (nSPS) is 20.4. The van der Waals surface area contributed by atoms with Crippen molar-refractivity contribution in [3.63, 3.8) is 0 Å². The Morgan fingerprint density at radius 1 is 1.67 bits per heavy atom. The Hall–Kier alpha value is -0.0400. The van der Waals surface area contributed by atoms with Gasteiger partial charge < -0.3 is 5.21 Å². The molecule has 0 spiro atoms. The molecule has 0 saturated carbocycles. The number of rotatable bonds is 1. The van der Waals surface area contributed by atoms with E-state index in [1.807, 2.05) is 10.2 Å². The third kappa shape index (κ3) is 1.98. The van der Waals surface area contributed by atoms with Crippen molar-refractivity contribution < 1.29 is 5.17 Å². The summed E-state index contributed by atoms with van der Waals surface area (Å²) in [5.41, 5.74) is 0.658. The smallest absolute Gasteiger partial charge is 0.156 e. The van der Waals surface area contributed by atoms with Gasteiger partial charge in [-0.05, 0) is 4.01 Å². The first-order valence-electron chi connectivity index (χ1n) is 2.42. The minimum atomic E-state index is -0.320. The summed E-state index contributed by atoms with van der Waals surface area (Å²) in [5, 5.41) is 10.1. The molecule has 0 fully saturated rings. The van der Waals surface area contributed by atoms with Crippen molar-refractivity contribution in [2.75, 3.05) is 0 Å². The van der Waals surface area contributed by atoms with Crippen molar-refractivity contribution in [2.45, 2.75) is 0 Å². The monoisotopic (exact) mass is 238 g/mol. The highest BCUT2D eigenvalue weighted by Crippen LogP contribution is 2.05. The van der Waals surface area contributed by atoms with E-state index >= 15 is 0 Å². The zero-order valence-electron chi connectivity index (χ0n) is 4.67. The lowest BCUT2D eigenvalue weighted by Gasteiger charge is -2.14. The number of halogens is 1. The van der Waals surface area contributed by atoms with Crippen molar-refractivity contribution in [1.29, 1.82) is 0 Å². The largest absolute Gasteiger partial charge is 0.608 e. The van der Waals surface area contributed by atoms with Gasteiger partial charge in [0.1, 0.15) is 0 Å². The Morgan fingerprint density at radius 3 is 2.78 bits per heavy atom. The Labute approximate surface area is 63.1 Å². The first kappa shape index (κ1) is 7.07. The van der Waals surface area contributed by atoms with Crippen LogP contribution in [0.2, 0.25) is 0 Å². The van der Waals surface area contributed by atoms with Crippen molar-refractivity contribution >= 4 is 24.7 Å². The number of hydrogen-bond donors (Lipinski definition) is 2. The molecule has 0 aliphatic carbocycles. The second-order valence-electron chi connectivity index (χ2n) is 1.54. The Morgan fingerprint density at radius 2 is 2.44 bits per heavy atom. The van der Waals surface area contributed by atoms with Gasteiger partial charge in [0.2, 0.25) is 0 Å². The predicted octanol–water partition coefficient (Wildman–Crippen LogP) is -0.573. The highest BCUT2D eigenvalue weighted by Gasteiger charge is 1.96. The van der Waals surface area contributed by atoms with Crippen molar-refractivity contribution in [3.05, 3.63) is 27.1 Å². The van der Waals surface area contributed by atoms with Crippen LogP contribution in [0.1, 0.15) is 0 Å². The van der Waals surface area contributed by atoms with Gasteiger partial charge >= 0.3 is 0 Å². The van der Waals surface area contributed by atoms with E-state index in [0.29, 0.717) is 5.70 Å². The molecule has 0 aromatic carbocycles. The van der Waals surface area contributed by atoms with Crippen molar-refractivity contribution in [1.82, 2.24) is 0 Å². The predicted molar refractivity (Wildman–Crippen MR) is 45.8 cm³/mol. The van der Waals surface area contributed by atoms with Crippen molar-refractivity contribution in [2.24, 2.45) is 5.84 Å². The van der Waals surface area contributed by atoms with Gasteiger partial charge in [-0.3, -0.25) is 5.17 Å². The molecule has 1 heterocycles. The molecule has 0 saturated heterocycles. The quantitative estimate of drug-likeness (QED) is 0.365. The second kappa shape index (κ2) is 3.21. The molecule has 4 heteroatoms. The number of nitrogens with one attached hydrogen (secondary N) is 1. The second-order valence-corrected chi connectivity index (χ2v) is 3.60. The lowest BCUT2D eigenvalue weighted by atomic mass is 10.4. The van der Waals surface area contributed by atoms with Crippen LogP contribution in [0.5, 0.6) is 0 Å².